The molecule has 2 rings (SSSR count). The highest BCUT2D eigenvalue weighted by Crippen LogP contribution is 2.21. The molecule has 4 heteroatoms. The predicted octanol–water partition coefficient (Wildman–Crippen LogP) is 1.94. The lowest BCUT2D eigenvalue weighted by Crippen LogP contribution is -2.46. The zero-order valence-electron chi connectivity index (χ0n) is 12.2. The van der Waals surface area contributed by atoms with E-state index in [0.29, 0.717) is 6.04 Å². The van der Waals surface area contributed by atoms with Crippen molar-refractivity contribution in [3.05, 3.63) is 0 Å². The fourth-order valence-electron chi connectivity index (χ4n) is 3.20. The first-order chi connectivity index (χ1) is 9.31. The van der Waals surface area contributed by atoms with Crippen LogP contribution in [0, 0.1) is 0 Å². The minimum absolute atomic E-state index is 0.205. The fraction of sp³-hybridized carbons (Fsp3) is 0.933. The van der Waals surface area contributed by atoms with Gasteiger partial charge in [0.25, 0.3) is 0 Å². The van der Waals surface area contributed by atoms with Crippen LogP contribution in [-0.4, -0.2) is 49.2 Å². The molecule has 0 radical (unpaired) electrons. The molecule has 0 aliphatic carbocycles. The van der Waals surface area contributed by atoms with Crippen LogP contribution in [0.25, 0.3) is 0 Å². The van der Waals surface area contributed by atoms with Crippen molar-refractivity contribution in [1.82, 2.24) is 10.2 Å². The van der Waals surface area contributed by atoms with E-state index in [2.05, 4.69) is 17.1 Å². The molecule has 2 fully saturated rings. The Balaban J connectivity index is 1.76. The predicted molar refractivity (Wildman–Crippen MR) is 76.1 cm³/mol. The van der Waals surface area contributed by atoms with Gasteiger partial charge in [-0.15, -0.1) is 0 Å². The molecule has 110 valence electrons. The monoisotopic (exact) mass is 268 g/mol. The van der Waals surface area contributed by atoms with Gasteiger partial charge in [-0.2, -0.15) is 0 Å². The Kier molecular flexibility index (Phi) is 6.11. The van der Waals surface area contributed by atoms with Crippen LogP contribution < -0.4 is 5.32 Å². The van der Waals surface area contributed by atoms with Crippen LogP contribution in [0.1, 0.15) is 51.9 Å². The quantitative estimate of drug-likeness (QED) is 0.828. The first kappa shape index (κ1) is 14.8. The second-order valence-electron chi connectivity index (χ2n) is 5.79. The number of likely N-dealkylation sites (tertiary alicyclic amines) is 1. The normalized spacial score (nSPS) is 25.5. The van der Waals surface area contributed by atoms with Crippen LogP contribution in [-0.2, 0) is 9.53 Å². The van der Waals surface area contributed by atoms with Gasteiger partial charge in [0.15, 0.2) is 0 Å². The van der Waals surface area contributed by atoms with Gasteiger partial charge in [0, 0.05) is 12.6 Å². The number of amides is 1. The number of carbonyl (C=O) groups excluding carboxylic acids is 1. The molecule has 1 amide bonds. The van der Waals surface area contributed by atoms with Gasteiger partial charge in [0.05, 0.1) is 6.10 Å². The van der Waals surface area contributed by atoms with Crippen molar-refractivity contribution in [1.29, 1.82) is 0 Å². The lowest BCUT2D eigenvalue weighted by Gasteiger charge is -2.36. The molecule has 2 heterocycles. The molecule has 1 unspecified atom stereocenters. The summed E-state index contributed by atoms with van der Waals surface area (Å²) in [5, 5.41) is 3.31. The highest BCUT2D eigenvalue weighted by molar-refractivity contribution is 5.77. The van der Waals surface area contributed by atoms with E-state index in [0.717, 1.165) is 51.7 Å². The Labute approximate surface area is 116 Å². The van der Waals surface area contributed by atoms with E-state index >= 15 is 0 Å². The molecule has 0 aromatic heterocycles. The number of nitrogens with zero attached hydrogens (tertiary/aromatic N) is 1. The van der Waals surface area contributed by atoms with Crippen molar-refractivity contribution in [3.63, 3.8) is 0 Å². The summed E-state index contributed by atoms with van der Waals surface area (Å²) in [6.07, 6.45) is 8.23. The van der Waals surface area contributed by atoms with Gasteiger partial charge >= 0.3 is 0 Å². The summed E-state index contributed by atoms with van der Waals surface area (Å²) >= 11 is 0. The van der Waals surface area contributed by atoms with E-state index in [9.17, 15) is 4.79 Å². The Bertz CT molecular complexity index is 275. The number of piperidine rings is 2. The van der Waals surface area contributed by atoms with Gasteiger partial charge in [-0.05, 0) is 51.6 Å². The second-order valence-corrected chi connectivity index (χ2v) is 5.79. The third-order valence-electron chi connectivity index (χ3n) is 4.30. The summed E-state index contributed by atoms with van der Waals surface area (Å²) < 4.78 is 5.79. The highest BCUT2D eigenvalue weighted by atomic mass is 16.5. The maximum absolute atomic E-state index is 12.3. The number of carbonyl (C=O) groups is 1. The number of ether oxygens (including phenoxy) is 1. The molecular formula is C15H28N2O2. The van der Waals surface area contributed by atoms with Gasteiger partial charge in [-0.3, -0.25) is 4.79 Å². The van der Waals surface area contributed by atoms with Gasteiger partial charge in [0.2, 0.25) is 5.91 Å². The van der Waals surface area contributed by atoms with E-state index in [-0.39, 0.29) is 18.6 Å². The van der Waals surface area contributed by atoms with Gasteiger partial charge in [0.1, 0.15) is 6.61 Å². The SMILES string of the molecule is CCCC1CCCCN1C(=O)COC1CCNCC1. The fourth-order valence-corrected chi connectivity index (χ4v) is 3.20. The molecule has 0 spiro atoms. The Morgan fingerprint density at radius 2 is 2.05 bits per heavy atom. The van der Waals surface area contributed by atoms with Gasteiger partial charge in [-0.25, -0.2) is 0 Å². The van der Waals surface area contributed by atoms with Crippen molar-refractivity contribution >= 4 is 5.91 Å². The summed E-state index contributed by atoms with van der Waals surface area (Å²) in [5.74, 6) is 0.205. The van der Waals surface area contributed by atoms with Crippen LogP contribution in [0.3, 0.4) is 0 Å². The summed E-state index contributed by atoms with van der Waals surface area (Å²) in [6.45, 7) is 5.44. The third kappa shape index (κ3) is 4.46. The lowest BCUT2D eigenvalue weighted by atomic mass is 9.98. The molecule has 0 aromatic rings. The largest absolute Gasteiger partial charge is 0.368 e. The lowest BCUT2D eigenvalue weighted by molar-refractivity contribution is -0.142. The Morgan fingerprint density at radius 3 is 2.79 bits per heavy atom. The van der Waals surface area contributed by atoms with Crippen LogP contribution in [0.5, 0.6) is 0 Å². The first-order valence-corrected chi connectivity index (χ1v) is 7.93. The molecule has 0 saturated carbocycles. The highest BCUT2D eigenvalue weighted by Gasteiger charge is 2.26. The van der Waals surface area contributed by atoms with Gasteiger partial charge in [-0.1, -0.05) is 13.3 Å². The summed E-state index contributed by atoms with van der Waals surface area (Å²) in [7, 11) is 0. The van der Waals surface area contributed by atoms with E-state index < -0.39 is 0 Å². The number of rotatable bonds is 5. The molecule has 2 saturated heterocycles. The van der Waals surface area contributed by atoms with Crippen LogP contribution >= 0.6 is 0 Å². The average Bonchev–Trinajstić information content (AvgIpc) is 2.47. The third-order valence-corrected chi connectivity index (χ3v) is 4.30. The summed E-state index contributed by atoms with van der Waals surface area (Å²) in [5.41, 5.74) is 0. The van der Waals surface area contributed by atoms with Crippen LogP contribution in [0.15, 0.2) is 0 Å². The van der Waals surface area contributed by atoms with E-state index in [1.807, 2.05) is 0 Å². The minimum atomic E-state index is 0.205. The Morgan fingerprint density at radius 1 is 1.26 bits per heavy atom. The number of hydrogen-bond acceptors (Lipinski definition) is 3. The molecule has 0 bridgehead atoms. The molecule has 2 aliphatic heterocycles. The molecule has 1 N–H and O–H groups in total. The van der Waals surface area contributed by atoms with Crippen molar-refractivity contribution in [2.24, 2.45) is 0 Å². The second kappa shape index (κ2) is 7.85. The number of hydrogen-bond donors (Lipinski definition) is 1. The van der Waals surface area contributed by atoms with Crippen molar-refractivity contribution in [2.45, 2.75) is 64.0 Å². The maximum Gasteiger partial charge on any atom is 0.248 e. The standard InChI is InChI=1S/C15H28N2O2/c1-2-5-13-6-3-4-11-17(13)15(18)12-19-14-7-9-16-10-8-14/h13-14,16H,2-12H2,1H3. The topological polar surface area (TPSA) is 41.6 Å². The van der Waals surface area contributed by atoms with Crippen LogP contribution in [0.2, 0.25) is 0 Å². The summed E-state index contributed by atoms with van der Waals surface area (Å²) in [6, 6.07) is 0.461. The maximum atomic E-state index is 12.3. The van der Waals surface area contributed by atoms with E-state index in [1.54, 1.807) is 0 Å². The molecule has 4 nitrogen and oxygen atoms in total. The van der Waals surface area contributed by atoms with E-state index in [4.69, 9.17) is 4.74 Å². The summed E-state index contributed by atoms with van der Waals surface area (Å²) in [4.78, 5) is 14.4. The molecule has 19 heavy (non-hydrogen) atoms. The van der Waals surface area contributed by atoms with Crippen molar-refractivity contribution in [2.75, 3.05) is 26.2 Å². The zero-order chi connectivity index (χ0) is 13.5. The molecule has 2 aliphatic rings. The molecular weight excluding hydrogens is 240 g/mol. The van der Waals surface area contributed by atoms with Gasteiger partial charge < -0.3 is 15.0 Å². The Hall–Kier alpha value is -0.610. The van der Waals surface area contributed by atoms with E-state index in [1.165, 1.54) is 12.8 Å². The van der Waals surface area contributed by atoms with Crippen molar-refractivity contribution in [3.8, 4) is 0 Å². The zero-order valence-corrected chi connectivity index (χ0v) is 12.2. The first-order valence-electron chi connectivity index (χ1n) is 7.93. The van der Waals surface area contributed by atoms with Crippen molar-refractivity contribution < 1.29 is 9.53 Å². The molecule has 1 atom stereocenters. The minimum Gasteiger partial charge on any atom is -0.368 e. The number of nitrogens with one attached hydrogen (secondary N) is 1. The van der Waals surface area contributed by atoms with Crippen LogP contribution in [0.4, 0.5) is 0 Å². The smallest absolute Gasteiger partial charge is 0.248 e. The molecule has 0 aromatic carbocycles. The average molecular weight is 268 g/mol.